The van der Waals surface area contributed by atoms with Crippen LogP contribution in [0, 0.1) is 0 Å². The molecule has 1 atom stereocenters. The van der Waals surface area contributed by atoms with Gasteiger partial charge in [0, 0.05) is 13.0 Å². The van der Waals surface area contributed by atoms with Crippen LogP contribution in [-0.2, 0) is 29.0 Å². The van der Waals surface area contributed by atoms with Crippen LogP contribution in [0.15, 0.2) is 66.7 Å². The van der Waals surface area contributed by atoms with Gasteiger partial charge in [-0.2, -0.15) is 0 Å². The fourth-order valence-electron chi connectivity index (χ4n) is 3.75. The Morgan fingerprint density at radius 1 is 0.923 bits per heavy atom. The fraction of sp³-hybridized carbons (Fsp3) is 0.182. The SMILES string of the molecule is NC(=O)[C@@H]1Cc2ccccc2CN1C(=O)Cc1cccc2ccccc12. The van der Waals surface area contributed by atoms with Gasteiger partial charge in [0.05, 0.1) is 6.42 Å². The van der Waals surface area contributed by atoms with Gasteiger partial charge in [0.25, 0.3) is 0 Å². The Balaban J connectivity index is 1.65. The first-order valence-corrected chi connectivity index (χ1v) is 8.75. The summed E-state index contributed by atoms with van der Waals surface area (Å²) in [5.41, 5.74) is 8.74. The second-order valence-corrected chi connectivity index (χ2v) is 6.73. The molecule has 0 spiro atoms. The molecule has 0 fully saturated rings. The zero-order valence-electron chi connectivity index (χ0n) is 14.4. The van der Waals surface area contributed by atoms with E-state index in [9.17, 15) is 9.59 Å². The van der Waals surface area contributed by atoms with Gasteiger partial charge in [0.1, 0.15) is 6.04 Å². The molecule has 3 aromatic carbocycles. The minimum atomic E-state index is -0.590. The first-order chi connectivity index (χ1) is 12.6. The maximum Gasteiger partial charge on any atom is 0.240 e. The summed E-state index contributed by atoms with van der Waals surface area (Å²) in [6, 6.07) is 21.3. The molecule has 4 nitrogen and oxygen atoms in total. The van der Waals surface area contributed by atoms with Gasteiger partial charge in [-0.3, -0.25) is 9.59 Å². The molecule has 0 aromatic heterocycles. The Morgan fingerprint density at radius 2 is 1.62 bits per heavy atom. The summed E-state index contributed by atoms with van der Waals surface area (Å²) in [7, 11) is 0. The molecule has 1 aliphatic rings. The van der Waals surface area contributed by atoms with Crippen molar-refractivity contribution in [1.82, 2.24) is 4.90 Å². The number of rotatable bonds is 3. The molecule has 0 radical (unpaired) electrons. The average Bonchev–Trinajstić information content (AvgIpc) is 2.67. The molecule has 2 N–H and O–H groups in total. The molecule has 1 heterocycles. The van der Waals surface area contributed by atoms with E-state index in [1.807, 2.05) is 66.7 Å². The number of primary amides is 1. The number of carbonyl (C=O) groups excluding carboxylic acids is 2. The van der Waals surface area contributed by atoms with Crippen LogP contribution >= 0.6 is 0 Å². The standard InChI is InChI=1S/C22H20N2O2/c23-22(26)20-12-16-7-1-2-8-18(16)14-24(20)21(25)13-17-10-5-9-15-6-3-4-11-19(15)17/h1-11,20H,12-14H2,(H2,23,26)/t20-/m0/s1. The van der Waals surface area contributed by atoms with E-state index < -0.39 is 11.9 Å². The highest BCUT2D eigenvalue weighted by Crippen LogP contribution is 2.25. The number of hydrogen-bond acceptors (Lipinski definition) is 2. The third kappa shape index (κ3) is 2.94. The monoisotopic (exact) mass is 344 g/mol. The van der Waals surface area contributed by atoms with E-state index in [1.54, 1.807) is 4.90 Å². The Bertz CT molecular complexity index is 991. The molecular weight excluding hydrogens is 324 g/mol. The van der Waals surface area contributed by atoms with Crippen molar-refractivity contribution < 1.29 is 9.59 Å². The molecule has 2 amide bonds. The van der Waals surface area contributed by atoms with Crippen LogP contribution in [0.2, 0.25) is 0 Å². The van der Waals surface area contributed by atoms with Crippen LogP contribution in [0.3, 0.4) is 0 Å². The van der Waals surface area contributed by atoms with Crippen LogP contribution in [0.1, 0.15) is 16.7 Å². The molecule has 0 bridgehead atoms. The highest BCUT2D eigenvalue weighted by Gasteiger charge is 2.33. The van der Waals surface area contributed by atoms with Crippen LogP contribution in [0.25, 0.3) is 10.8 Å². The number of amides is 2. The van der Waals surface area contributed by atoms with Crippen molar-refractivity contribution in [2.75, 3.05) is 0 Å². The molecule has 130 valence electrons. The summed E-state index contributed by atoms with van der Waals surface area (Å²) in [4.78, 5) is 26.7. The highest BCUT2D eigenvalue weighted by atomic mass is 16.2. The number of hydrogen-bond donors (Lipinski definition) is 1. The predicted octanol–water partition coefficient (Wildman–Crippen LogP) is 2.82. The van der Waals surface area contributed by atoms with Gasteiger partial charge < -0.3 is 10.6 Å². The number of benzene rings is 3. The highest BCUT2D eigenvalue weighted by molar-refractivity contribution is 5.92. The zero-order valence-corrected chi connectivity index (χ0v) is 14.4. The second-order valence-electron chi connectivity index (χ2n) is 6.73. The summed E-state index contributed by atoms with van der Waals surface area (Å²) in [6.45, 7) is 0.424. The molecular formula is C22H20N2O2. The second kappa shape index (κ2) is 6.64. The van der Waals surface area contributed by atoms with E-state index in [1.165, 1.54) is 0 Å². The molecule has 4 heteroatoms. The maximum atomic E-state index is 13.1. The maximum absolute atomic E-state index is 13.1. The summed E-state index contributed by atoms with van der Waals surface area (Å²) < 4.78 is 0. The first-order valence-electron chi connectivity index (χ1n) is 8.75. The van der Waals surface area contributed by atoms with E-state index in [0.717, 1.165) is 27.5 Å². The van der Waals surface area contributed by atoms with E-state index >= 15 is 0 Å². The third-order valence-corrected chi connectivity index (χ3v) is 5.12. The molecule has 1 aliphatic heterocycles. The first kappa shape index (κ1) is 16.3. The zero-order chi connectivity index (χ0) is 18.1. The van der Waals surface area contributed by atoms with Gasteiger partial charge in [-0.1, -0.05) is 66.7 Å². The quantitative estimate of drug-likeness (QED) is 0.794. The lowest BCUT2D eigenvalue weighted by molar-refractivity contribution is -0.140. The van der Waals surface area contributed by atoms with E-state index in [-0.39, 0.29) is 12.3 Å². The number of nitrogens with two attached hydrogens (primary N) is 1. The minimum Gasteiger partial charge on any atom is -0.368 e. The van der Waals surface area contributed by atoms with E-state index in [2.05, 4.69) is 0 Å². The summed E-state index contributed by atoms with van der Waals surface area (Å²) in [6.07, 6.45) is 0.736. The number of nitrogens with zero attached hydrogens (tertiary/aromatic N) is 1. The van der Waals surface area contributed by atoms with Crippen molar-refractivity contribution in [2.45, 2.75) is 25.4 Å². The average molecular weight is 344 g/mol. The summed E-state index contributed by atoms with van der Waals surface area (Å²) in [5.74, 6) is -0.523. The molecule has 4 rings (SSSR count). The van der Waals surface area contributed by atoms with Gasteiger partial charge in [-0.15, -0.1) is 0 Å². The van der Waals surface area contributed by atoms with Crippen molar-refractivity contribution >= 4 is 22.6 Å². The van der Waals surface area contributed by atoms with E-state index in [4.69, 9.17) is 5.73 Å². The van der Waals surface area contributed by atoms with E-state index in [0.29, 0.717) is 13.0 Å². The smallest absolute Gasteiger partial charge is 0.240 e. The Kier molecular flexibility index (Phi) is 4.17. The van der Waals surface area contributed by atoms with Crippen molar-refractivity contribution in [3.8, 4) is 0 Å². The van der Waals surface area contributed by atoms with Crippen LogP contribution < -0.4 is 5.73 Å². The Morgan fingerprint density at radius 3 is 2.42 bits per heavy atom. The third-order valence-electron chi connectivity index (χ3n) is 5.12. The van der Waals surface area contributed by atoms with Crippen LogP contribution in [-0.4, -0.2) is 22.8 Å². The summed E-state index contributed by atoms with van der Waals surface area (Å²) in [5, 5.41) is 2.17. The normalized spacial score (nSPS) is 16.3. The largest absolute Gasteiger partial charge is 0.368 e. The van der Waals surface area contributed by atoms with Gasteiger partial charge in [0.2, 0.25) is 11.8 Å². The molecule has 26 heavy (non-hydrogen) atoms. The Hall–Kier alpha value is -3.14. The van der Waals surface area contributed by atoms with Gasteiger partial charge in [-0.25, -0.2) is 0 Å². The van der Waals surface area contributed by atoms with Gasteiger partial charge in [-0.05, 0) is 27.5 Å². The summed E-state index contributed by atoms with van der Waals surface area (Å²) >= 11 is 0. The lowest BCUT2D eigenvalue weighted by Crippen LogP contribution is -2.51. The number of carbonyl (C=O) groups is 2. The van der Waals surface area contributed by atoms with Crippen LogP contribution in [0.4, 0.5) is 0 Å². The minimum absolute atomic E-state index is 0.0698. The Labute approximate surface area is 152 Å². The topological polar surface area (TPSA) is 63.4 Å². The molecule has 3 aromatic rings. The molecule has 0 aliphatic carbocycles. The molecule has 0 saturated carbocycles. The van der Waals surface area contributed by atoms with Crippen molar-refractivity contribution in [3.63, 3.8) is 0 Å². The molecule has 0 saturated heterocycles. The van der Waals surface area contributed by atoms with Gasteiger partial charge in [0.15, 0.2) is 0 Å². The fourth-order valence-corrected chi connectivity index (χ4v) is 3.75. The van der Waals surface area contributed by atoms with Crippen molar-refractivity contribution in [3.05, 3.63) is 83.4 Å². The van der Waals surface area contributed by atoms with Crippen molar-refractivity contribution in [2.24, 2.45) is 5.73 Å². The number of fused-ring (bicyclic) bond motifs is 2. The predicted molar refractivity (Wildman–Crippen MR) is 101 cm³/mol. The lowest BCUT2D eigenvalue weighted by atomic mass is 9.92. The van der Waals surface area contributed by atoms with Gasteiger partial charge >= 0.3 is 0 Å². The molecule has 0 unspecified atom stereocenters. The van der Waals surface area contributed by atoms with Crippen molar-refractivity contribution in [1.29, 1.82) is 0 Å². The van der Waals surface area contributed by atoms with Crippen LogP contribution in [0.5, 0.6) is 0 Å². The lowest BCUT2D eigenvalue weighted by Gasteiger charge is -2.35.